The number of fused-ring (bicyclic) bond motifs is 1. The molecule has 1 amide bonds. The average Bonchev–Trinajstić information content (AvgIpc) is 2.84. The van der Waals surface area contributed by atoms with Gasteiger partial charge in [0.2, 0.25) is 5.91 Å². The number of nitrogens with one attached hydrogen (secondary N) is 1. The van der Waals surface area contributed by atoms with Gasteiger partial charge in [0.1, 0.15) is 5.00 Å². The topological polar surface area (TPSA) is 55.4 Å². The van der Waals surface area contributed by atoms with E-state index in [0.717, 1.165) is 37.7 Å². The van der Waals surface area contributed by atoms with E-state index in [1.165, 1.54) is 16.2 Å². The maximum atomic E-state index is 12.3. The van der Waals surface area contributed by atoms with Crippen LogP contribution in [0, 0.1) is 5.92 Å². The van der Waals surface area contributed by atoms with E-state index in [1.807, 2.05) is 13.8 Å². The Bertz CT molecular complexity index is 536. The molecule has 1 atom stereocenters. The fourth-order valence-corrected chi connectivity index (χ4v) is 3.77. The van der Waals surface area contributed by atoms with Crippen LogP contribution in [0.15, 0.2) is 0 Å². The number of carbonyl (C=O) groups excluding carboxylic acids is 2. The van der Waals surface area contributed by atoms with Gasteiger partial charge < -0.3 is 10.1 Å². The van der Waals surface area contributed by atoms with E-state index in [2.05, 4.69) is 5.32 Å². The second kappa shape index (κ2) is 7.07. The van der Waals surface area contributed by atoms with E-state index in [-0.39, 0.29) is 17.8 Å². The molecule has 0 unspecified atom stereocenters. The van der Waals surface area contributed by atoms with E-state index in [1.54, 1.807) is 6.92 Å². The first-order valence-corrected chi connectivity index (χ1v) is 8.52. The van der Waals surface area contributed by atoms with Crippen LogP contribution in [0.25, 0.3) is 0 Å². The van der Waals surface area contributed by atoms with Gasteiger partial charge in [0, 0.05) is 10.8 Å². The number of aryl methyl sites for hydroxylation is 1. The molecule has 5 heteroatoms. The van der Waals surface area contributed by atoms with Crippen molar-refractivity contribution in [3.05, 3.63) is 16.0 Å². The zero-order chi connectivity index (χ0) is 15.4. The highest BCUT2D eigenvalue weighted by Gasteiger charge is 2.27. The summed E-state index contributed by atoms with van der Waals surface area (Å²) in [6.45, 7) is 6.03. The molecule has 1 heterocycles. The Balaban J connectivity index is 2.33. The van der Waals surface area contributed by atoms with Crippen molar-refractivity contribution in [1.29, 1.82) is 0 Å². The SMILES string of the molecule is CCOC(=O)c1c(NC(=O)[C@H](C)CC)sc2c1CCCC2. The monoisotopic (exact) mass is 309 g/mol. The molecule has 1 aromatic heterocycles. The molecule has 116 valence electrons. The Hall–Kier alpha value is -1.36. The molecule has 1 N–H and O–H groups in total. The smallest absolute Gasteiger partial charge is 0.341 e. The van der Waals surface area contributed by atoms with E-state index in [0.29, 0.717) is 17.2 Å². The van der Waals surface area contributed by atoms with Crippen LogP contribution < -0.4 is 5.32 Å². The lowest BCUT2D eigenvalue weighted by atomic mass is 9.95. The van der Waals surface area contributed by atoms with Gasteiger partial charge in [-0.05, 0) is 44.6 Å². The Kier molecular flexibility index (Phi) is 5.39. The van der Waals surface area contributed by atoms with Crippen LogP contribution in [-0.2, 0) is 22.4 Å². The Morgan fingerprint density at radius 1 is 1.29 bits per heavy atom. The fourth-order valence-electron chi connectivity index (χ4n) is 2.49. The number of thiophene rings is 1. The summed E-state index contributed by atoms with van der Waals surface area (Å²) in [5, 5.41) is 3.61. The van der Waals surface area contributed by atoms with E-state index in [9.17, 15) is 9.59 Å². The van der Waals surface area contributed by atoms with Crippen LogP contribution in [0.3, 0.4) is 0 Å². The van der Waals surface area contributed by atoms with Crippen LogP contribution in [0.1, 0.15) is 60.8 Å². The summed E-state index contributed by atoms with van der Waals surface area (Å²) in [5.74, 6) is -0.392. The van der Waals surface area contributed by atoms with E-state index in [4.69, 9.17) is 4.74 Å². The van der Waals surface area contributed by atoms with Gasteiger partial charge in [0.05, 0.1) is 12.2 Å². The van der Waals surface area contributed by atoms with Gasteiger partial charge in [-0.15, -0.1) is 11.3 Å². The third-order valence-corrected chi connectivity index (χ3v) is 5.15. The molecular formula is C16H23NO3S. The number of amides is 1. The van der Waals surface area contributed by atoms with Gasteiger partial charge in [-0.3, -0.25) is 4.79 Å². The van der Waals surface area contributed by atoms with Crippen molar-refractivity contribution in [3.63, 3.8) is 0 Å². The lowest BCUT2D eigenvalue weighted by Gasteiger charge is -2.13. The first-order valence-electron chi connectivity index (χ1n) is 7.70. The van der Waals surface area contributed by atoms with Crippen LogP contribution in [0.4, 0.5) is 5.00 Å². The summed E-state index contributed by atoms with van der Waals surface area (Å²) < 4.78 is 5.18. The van der Waals surface area contributed by atoms with Crippen LogP contribution in [0.2, 0.25) is 0 Å². The molecule has 0 saturated carbocycles. The van der Waals surface area contributed by atoms with E-state index >= 15 is 0 Å². The maximum absolute atomic E-state index is 12.3. The highest BCUT2D eigenvalue weighted by molar-refractivity contribution is 7.17. The van der Waals surface area contributed by atoms with Crippen LogP contribution in [0.5, 0.6) is 0 Å². The minimum absolute atomic E-state index is 0.0263. The van der Waals surface area contributed by atoms with Gasteiger partial charge in [-0.25, -0.2) is 4.79 Å². The predicted molar refractivity (Wildman–Crippen MR) is 85.0 cm³/mol. The third kappa shape index (κ3) is 3.46. The number of carbonyl (C=O) groups is 2. The van der Waals surface area contributed by atoms with Gasteiger partial charge in [-0.2, -0.15) is 0 Å². The van der Waals surface area contributed by atoms with Crippen molar-refractivity contribution < 1.29 is 14.3 Å². The van der Waals surface area contributed by atoms with Crippen LogP contribution >= 0.6 is 11.3 Å². The molecule has 0 aromatic carbocycles. The molecule has 0 bridgehead atoms. The normalized spacial score (nSPS) is 15.2. The van der Waals surface area contributed by atoms with E-state index < -0.39 is 0 Å². The molecule has 0 spiro atoms. The standard InChI is InChI=1S/C16H23NO3S/c1-4-10(3)14(18)17-15-13(16(19)20-5-2)11-8-6-7-9-12(11)21-15/h10H,4-9H2,1-3H3,(H,17,18)/t10-/m1/s1. The quantitative estimate of drug-likeness (QED) is 0.842. The second-order valence-corrected chi connectivity index (χ2v) is 6.54. The molecule has 1 aromatic rings. The predicted octanol–water partition coefficient (Wildman–Crippen LogP) is 3.79. The minimum Gasteiger partial charge on any atom is -0.462 e. The average molecular weight is 309 g/mol. The molecule has 1 aliphatic carbocycles. The fraction of sp³-hybridized carbons (Fsp3) is 0.625. The molecule has 0 fully saturated rings. The number of anilines is 1. The summed E-state index contributed by atoms with van der Waals surface area (Å²) in [5.41, 5.74) is 1.68. The van der Waals surface area contributed by atoms with Gasteiger partial charge in [-0.1, -0.05) is 13.8 Å². The van der Waals surface area contributed by atoms with Gasteiger partial charge in [0.15, 0.2) is 0 Å². The van der Waals surface area contributed by atoms with Crippen molar-refractivity contribution in [2.45, 2.75) is 52.9 Å². The Morgan fingerprint density at radius 3 is 2.67 bits per heavy atom. The second-order valence-electron chi connectivity index (χ2n) is 5.43. The Labute approximate surface area is 129 Å². The zero-order valence-electron chi connectivity index (χ0n) is 13.0. The van der Waals surface area contributed by atoms with Gasteiger partial charge in [0.25, 0.3) is 0 Å². The molecule has 0 radical (unpaired) electrons. The van der Waals surface area contributed by atoms with Gasteiger partial charge >= 0.3 is 5.97 Å². The number of rotatable bonds is 5. The van der Waals surface area contributed by atoms with Crippen molar-refractivity contribution in [1.82, 2.24) is 0 Å². The highest BCUT2D eigenvalue weighted by Crippen LogP contribution is 2.38. The first-order chi connectivity index (χ1) is 10.1. The van der Waals surface area contributed by atoms with Crippen molar-refractivity contribution in [3.8, 4) is 0 Å². The lowest BCUT2D eigenvalue weighted by Crippen LogP contribution is -2.21. The molecule has 0 saturated heterocycles. The molecule has 21 heavy (non-hydrogen) atoms. The van der Waals surface area contributed by atoms with Crippen molar-refractivity contribution >= 4 is 28.2 Å². The van der Waals surface area contributed by atoms with Crippen LogP contribution in [-0.4, -0.2) is 18.5 Å². The molecule has 2 rings (SSSR count). The third-order valence-electron chi connectivity index (χ3n) is 3.95. The summed E-state index contributed by atoms with van der Waals surface area (Å²) in [7, 11) is 0. The molecule has 0 aliphatic heterocycles. The number of hydrogen-bond acceptors (Lipinski definition) is 4. The summed E-state index contributed by atoms with van der Waals surface area (Å²) in [4.78, 5) is 25.6. The highest BCUT2D eigenvalue weighted by atomic mass is 32.1. The number of hydrogen-bond donors (Lipinski definition) is 1. The molecular weight excluding hydrogens is 286 g/mol. The maximum Gasteiger partial charge on any atom is 0.341 e. The number of ether oxygens (including phenoxy) is 1. The number of esters is 1. The summed E-state index contributed by atoms with van der Waals surface area (Å²) in [6.07, 6.45) is 4.92. The minimum atomic E-state index is -0.309. The first kappa shape index (κ1) is 16.0. The largest absolute Gasteiger partial charge is 0.462 e. The summed E-state index contributed by atoms with van der Waals surface area (Å²) in [6, 6.07) is 0. The van der Waals surface area contributed by atoms with Crippen molar-refractivity contribution in [2.24, 2.45) is 5.92 Å². The Morgan fingerprint density at radius 2 is 2.00 bits per heavy atom. The zero-order valence-corrected chi connectivity index (χ0v) is 13.8. The lowest BCUT2D eigenvalue weighted by molar-refractivity contribution is -0.119. The van der Waals surface area contributed by atoms with Crippen molar-refractivity contribution in [2.75, 3.05) is 11.9 Å². The molecule has 4 nitrogen and oxygen atoms in total. The molecule has 1 aliphatic rings. The summed E-state index contributed by atoms with van der Waals surface area (Å²) >= 11 is 1.54.